The van der Waals surface area contributed by atoms with Gasteiger partial charge < -0.3 is 5.11 Å². The third kappa shape index (κ3) is 0.767. The third-order valence-corrected chi connectivity index (χ3v) is 2.60. The first-order chi connectivity index (χ1) is 4.21. The second-order valence-electron chi connectivity index (χ2n) is 3.37. The van der Waals surface area contributed by atoms with Crippen LogP contribution in [0.25, 0.3) is 0 Å². The monoisotopic (exact) mass is 130 g/mol. The Hall–Kier alpha value is -0.110. The van der Waals surface area contributed by atoms with Crippen molar-refractivity contribution in [3.63, 3.8) is 0 Å². The average molecular weight is 130 g/mol. The third-order valence-electron chi connectivity index (χ3n) is 2.60. The molecule has 0 saturated heterocycles. The molecular formula is C7H11FO. The predicted molar refractivity (Wildman–Crippen MR) is 31.8 cm³/mol. The Morgan fingerprint density at radius 1 is 1.33 bits per heavy atom. The molecule has 52 valence electrons. The standard InChI is InChI=1S/C7H11FO/c8-6-3-5(4-6)7(9)1-2-7/h5-6,9H,1-4H2. The van der Waals surface area contributed by atoms with E-state index in [1.54, 1.807) is 0 Å². The molecule has 2 saturated carbocycles. The molecule has 0 atom stereocenters. The topological polar surface area (TPSA) is 20.2 Å². The summed E-state index contributed by atoms with van der Waals surface area (Å²) in [6, 6.07) is 0. The second kappa shape index (κ2) is 1.48. The summed E-state index contributed by atoms with van der Waals surface area (Å²) in [5, 5.41) is 9.40. The Bertz CT molecular complexity index is 125. The zero-order valence-corrected chi connectivity index (χ0v) is 5.31. The molecule has 9 heavy (non-hydrogen) atoms. The van der Waals surface area contributed by atoms with Gasteiger partial charge in [0.25, 0.3) is 0 Å². The van der Waals surface area contributed by atoms with Gasteiger partial charge in [-0.1, -0.05) is 0 Å². The minimum atomic E-state index is -0.611. The molecule has 0 heterocycles. The minimum Gasteiger partial charge on any atom is -0.390 e. The molecule has 0 aromatic carbocycles. The highest BCUT2D eigenvalue weighted by Crippen LogP contribution is 2.51. The lowest BCUT2D eigenvalue weighted by Gasteiger charge is -2.33. The van der Waals surface area contributed by atoms with Crippen molar-refractivity contribution >= 4 is 0 Å². The van der Waals surface area contributed by atoms with Gasteiger partial charge in [0.1, 0.15) is 6.17 Å². The summed E-state index contributed by atoms with van der Waals surface area (Å²) in [4.78, 5) is 0. The van der Waals surface area contributed by atoms with Crippen LogP contribution in [0.4, 0.5) is 4.39 Å². The van der Waals surface area contributed by atoms with Crippen molar-refractivity contribution in [2.75, 3.05) is 0 Å². The van der Waals surface area contributed by atoms with Crippen LogP contribution in [0.3, 0.4) is 0 Å². The van der Waals surface area contributed by atoms with E-state index in [1.807, 2.05) is 0 Å². The Balaban J connectivity index is 1.89. The zero-order valence-electron chi connectivity index (χ0n) is 5.31. The number of hydrogen-bond donors (Lipinski definition) is 1. The molecule has 0 spiro atoms. The maximum atomic E-state index is 12.2. The fourth-order valence-electron chi connectivity index (χ4n) is 1.52. The minimum absolute atomic E-state index is 0.299. The van der Waals surface area contributed by atoms with E-state index in [2.05, 4.69) is 0 Å². The zero-order chi connectivity index (χ0) is 6.48. The van der Waals surface area contributed by atoms with Gasteiger partial charge in [0.2, 0.25) is 0 Å². The first kappa shape index (κ1) is 5.66. The van der Waals surface area contributed by atoms with Crippen molar-refractivity contribution in [1.82, 2.24) is 0 Å². The van der Waals surface area contributed by atoms with Crippen molar-refractivity contribution in [1.29, 1.82) is 0 Å². The van der Waals surface area contributed by atoms with Gasteiger partial charge in [0, 0.05) is 0 Å². The molecule has 1 nitrogen and oxygen atoms in total. The lowest BCUT2D eigenvalue weighted by atomic mass is 9.78. The molecule has 2 aliphatic rings. The van der Waals surface area contributed by atoms with Gasteiger partial charge >= 0.3 is 0 Å². The van der Waals surface area contributed by atoms with Gasteiger partial charge in [0.05, 0.1) is 5.60 Å². The molecule has 2 fully saturated rings. The van der Waals surface area contributed by atoms with Crippen LogP contribution >= 0.6 is 0 Å². The van der Waals surface area contributed by atoms with Crippen LogP contribution in [0.1, 0.15) is 25.7 Å². The summed E-state index contributed by atoms with van der Waals surface area (Å²) in [7, 11) is 0. The van der Waals surface area contributed by atoms with Gasteiger partial charge in [0.15, 0.2) is 0 Å². The van der Waals surface area contributed by atoms with E-state index in [0.29, 0.717) is 18.8 Å². The molecule has 0 amide bonds. The largest absolute Gasteiger partial charge is 0.390 e. The van der Waals surface area contributed by atoms with Gasteiger partial charge in [-0.2, -0.15) is 0 Å². The molecular weight excluding hydrogens is 119 g/mol. The first-order valence-electron chi connectivity index (χ1n) is 3.57. The molecule has 0 aromatic rings. The number of rotatable bonds is 1. The molecule has 2 heteroatoms. The van der Waals surface area contributed by atoms with Crippen molar-refractivity contribution in [2.24, 2.45) is 5.92 Å². The summed E-state index contributed by atoms with van der Waals surface area (Å²) in [6.07, 6.45) is 2.42. The Kier molecular flexibility index (Phi) is 0.933. The Morgan fingerprint density at radius 2 is 1.89 bits per heavy atom. The highest BCUT2D eigenvalue weighted by atomic mass is 19.1. The van der Waals surface area contributed by atoms with Crippen LogP contribution in [-0.2, 0) is 0 Å². The lowest BCUT2D eigenvalue weighted by Crippen LogP contribution is -2.36. The highest BCUT2D eigenvalue weighted by molar-refractivity contribution is 5.04. The van der Waals surface area contributed by atoms with Crippen molar-refractivity contribution in [3.05, 3.63) is 0 Å². The van der Waals surface area contributed by atoms with Gasteiger partial charge in [-0.25, -0.2) is 4.39 Å². The fraction of sp³-hybridized carbons (Fsp3) is 1.00. The van der Waals surface area contributed by atoms with E-state index in [9.17, 15) is 9.50 Å². The molecule has 0 aromatic heterocycles. The molecule has 0 bridgehead atoms. The maximum absolute atomic E-state index is 12.2. The van der Waals surface area contributed by atoms with E-state index in [0.717, 1.165) is 12.8 Å². The molecule has 1 N–H and O–H groups in total. The van der Waals surface area contributed by atoms with E-state index in [-0.39, 0.29) is 0 Å². The van der Waals surface area contributed by atoms with E-state index < -0.39 is 11.8 Å². The smallest absolute Gasteiger partial charge is 0.101 e. The number of halogens is 1. The predicted octanol–water partition coefficient (Wildman–Crippen LogP) is 1.26. The van der Waals surface area contributed by atoms with Crippen LogP contribution in [0.15, 0.2) is 0 Å². The SMILES string of the molecule is OC1(C2CC(F)C2)CC1. The average Bonchev–Trinajstić information content (AvgIpc) is 2.41. The lowest BCUT2D eigenvalue weighted by molar-refractivity contribution is -0.00622. The van der Waals surface area contributed by atoms with Crippen molar-refractivity contribution in [2.45, 2.75) is 37.5 Å². The maximum Gasteiger partial charge on any atom is 0.101 e. The normalized spacial score (nSPS) is 46.0. The number of hydrogen-bond acceptors (Lipinski definition) is 1. The van der Waals surface area contributed by atoms with Gasteiger partial charge in [-0.3, -0.25) is 0 Å². The van der Waals surface area contributed by atoms with Gasteiger partial charge in [-0.05, 0) is 31.6 Å². The van der Waals surface area contributed by atoms with Crippen molar-refractivity contribution in [3.8, 4) is 0 Å². The molecule has 2 aliphatic carbocycles. The second-order valence-corrected chi connectivity index (χ2v) is 3.37. The van der Waals surface area contributed by atoms with E-state index >= 15 is 0 Å². The van der Waals surface area contributed by atoms with Crippen LogP contribution in [0.2, 0.25) is 0 Å². The summed E-state index contributed by atoms with van der Waals surface area (Å²) < 4.78 is 12.2. The van der Waals surface area contributed by atoms with Crippen LogP contribution in [0.5, 0.6) is 0 Å². The number of alkyl halides is 1. The number of aliphatic hydroxyl groups is 1. The summed E-state index contributed by atoms with van der Waals surface area (Å²) in [6.45, 7) is 0. The van der Waals surface area contributed by atoms with Crippen molar-refractivity contribution < 1.29 is 9.50 Å². The Morgan fingerprint density at radius 3 is 2.22 bits per heavy atom. The van der Waals surface area contributed by atoms with Crippen LogP contribution < -0.4 is 0 Å². The summed E-state index contributed by atoms with van der Waals surface area (Å²) in [5.74, 6) is 0.299. The van der Waals surface area contributed by atoms with E-state index in [1.165, 1.54) is 0 Å². The summed E-state index contributed by atoms with van der Waals surface area (Å²) >= 11 is 0. The summed E-state index contributed by atoms with van der Waals surface area (Å²) in [5.41, 5.74) is -0.414. The fourth-order valence-corrected chi connectivity index (χ4v) is 1.52. The van der Waals surface area contributed by atoms with E-state index in [4.69, 9.17) is 0 Å². The molecule has 0 radical (unpaired) electrons. The molecule has 0 unspecified atom stereocenters. The van der Waals surface area contributed by atoms with Gasteiger partial charge in [-0.15, -0.1) is 0 Å². The highest BCUT2D eigenvalue weighted by Gasteiger charge is 2.52. The Labute approximate surface area is 53.9 Å². The van der Waals surface area contributed by atoms with Crippen LogP contribution in [0, 0.1) is 5.92 Å². The molecule has 0 aliphatic heterocycles. The quantitative estimate of drug-likeness (QED) is 0.566. The first-order valence-corrected chi connectivity index (χ1v) is 3.57. The molecule has 2 rings (SSSR count). The van der Waals surface area contributed by atoms with Crippen LogP contribution in [-0.4, -0.2) is 16.9 Å².